The second-order valence-electron chi connectivity index (χ2n) is 4.94. The lowest BCUT2D eigenvalue weighted by Crippen LogP contribution is -2.51. The van der Waals surface area contributed by atoms with E-state index in [2.05, 4.69) is 15.9 Å². The van der Waals surface area contributed by atoms with Crippen LogP contribution in [-0.2, 0) is 19.5 Å². The van der Waals surface area contributed by atoms with Crippen molar-refractivity contribution in [2.24, 2.45) is 0 Å². The third-order valence-corrected chi connectivity index (χ3v) is 5.67. The minimum absolute atomic E-state index is 0.177. The molecule has 3 rings (SSSR count). The standard InChI is InChI=1S/C12H14BrNO4S/c1-12-8-14(6-10(18-12)7-17-12)19(15,16)11-4-2-9(13)3-5-11/h2-5,10H,6-8H2,1H3/t10-,12+/m1/s1. The van der Waals surface area contributed by atoms with Crippen LogP contribution >= 0.6 is 15.9 Å². The monoisotopic (exact) mass is 347 g/mol. The quantitative estimate of drug-likeness (QED) is 0.815. The highest BCUT2D eigenvalue weighted by molar-refractivity contribution is 9.10. The number of fused-ring (bicyclic) bond motifs is 2. The number of hydrogen-bond acceptors (Lipinski definition) is 4. The van der Waals surface area contributed by atoms with Gasteiger partial charge in [0.2, 0.25) is 10.0 Å². The molecule has 0 spiro atoms. The van der Waals surface area contributed by atoms with Crippen LogP contribution in [0.5, 0.6) is 0 Å². The van der Waals surface area contributed by atoms with Gasteiger partial charge in [-0.3, -0.25) is 0 Å². The fraction of sp³-hybridized carbons (Fsp3) is 0.500. The first kappa shape index (κ1) is 13.5. The van der Waals surface area contributed by atoms with E-state index >= 15 is 0 Å². The Balaban J connectivity index is 1.91. The minimum atomic E-state index is -3.49. The molecule has 0 amide bonds. The molecule has 0 aromatic heterocycles. The summed E-state index contributed by atoms with van der Waals surface area (Å²) < 4.78 is 38.5. The van der Waals surface area contributed by atoms with Gasteiger partial charge >= 0.3 is 0 Å². The van der Waals surface area contributed by atoms with Crippen molar-refractivity contribution in [3.8, 4) is 0 Å². The van der Waals surface area contributed by atoms with Gasteiger partial charge in [0.05, 0.1) is 24.2 Å². The van der Waals surface area contributed by atoms with Crippen molar-refractivity contribution in [2.45, 2.75) is 23.7 Å². The molecule has 0 N–H and O–H groups in total. The second-order valence-corrected chi connectivity index (χ2v) is 7.79. The number of halogens is 1. The van der Waals surface area contributed by atoms with Crippen LogP contribution < -0.4 is 0 Å². The Morgan fingerprint density at radius 1 is 1.37 bits per heavy atom. The summed E-state index contributed by atoms with van der Waals surface area (Å²) in [5.41, 5.74) is 0. The Bertz CT molecular complexity index is 588. The highest BCUT2D eigenvalue weighted by Gasteiger charge is 2.47. The average Bonchev–Trinajstić information content (AvgIpc) is 2.63. The number of rotatable bonds is 2. The summed E-state index contributed by atoms with van der Waals surface area (Å²) in [6, 6.07) is 6.64. The molecule has 2 saturated heterocycles. The third kappa shape index (κ3) is 2.45. The lowest BCUT2D eigenvalue weighted by Gasteiger charge is -2.35. The summed E-state index contributed by atoms with van der Waals surface area (Å²) in [6.45, 7) is 2.79. The van der Waals surface area contributed by atoms with Gasteiger partial charge in [0.25, 0.3) is 0 Å². The van der Waals surface area contributed by atoms with Crippen molar-refractivity contribution < 1.29 is 17.9 Å². The molecular weight excluding hydrogens is 334 g/mol. The number of ether oxygens (including phenoxy) is 2. The lowest BCUT2D eigenvalue weighted by atomic mass is 10.2. The van der Waals surface area contributed by atoms with Crippen LogP contribution in [0.15, 0.2) is 33.6 Å². The molecule has 104 valence electrons. The van der Waals surface area contributed by atoms with Crippen molar-refractivity contribution in [1.29, 1.82) is 0 Å². The topological polar surface area (TPSA) is 55.8 Å². The molecule has 0 saturated carbocycles. The van der Waals surface area contributed by atoms with E-state index in [9.17, 15) is 8.42 Å². The van der Waals surface area contributed by atoms with E-state index < -0.39 is 15.8 Å². The van der Waals surface area contributed by atoms with Gasteiger partial charge in [-0.05, 0) is 31.2 Å². The summed E-state index contributed by atoms with van der Waals surface area (Å²) in [5.74, 6) is -0.814. The molecule has 2 fully saturated rings. The zero-order valence-corrected chi connectivity index (χ0v) is 12.8. The molecule has 2 atom stereocenters. The molecule has 1 aromatic rings. The van der Waals surface area contributed by atoms with Gasteiger partial charge in [-0.2, -0.15) is 4.31 Å². The molecular formula is C12H14BrNO4S. The molecule has 2 heterocycles. The van der Waals surface area contributed by atoms with Crippen LogP contribution in [0, 0.1) is 0 Å². The molecule has 2 bridgehead atoms. The Kier molecular flexibility index (Phi) is 3.22. The lowest BCUT2D eigenvalue weighted by molar-refractivity contribution is -0.178. The maximum Gasteiger partial charge on any atom is 0.243 e. The highest BCUT2D eigenvalue weighted by Crippen LogP contribution is 2.32. The van der Waals surface area contributed by atoms with Gasteiger partial charge in [0.15, 0.2) is 5.79 Å². The average molecular weight is 348 g/mol. The maximum atomic E-state index is 12.6. The van der Waals surface area contributed by atoms with Crippen molar-refractivity contribution in [1.82, 2.24) is 4.31 Å². The van der Waals surface area contributed by atoms with Gasteiger partial charge < -0.3 is 9.47 Å². The molecule has 19 heavy (non-hydrogen) atoms. The fourth-order valence-electron chi connectivity index (χ4n) is 2.41. The Morgan fingerprint density at radius 3 is 2.68 bits per heavy atom. The van der Waals surface area contributed by atoms with Crippen molar-refractivity contribution in [3.63, 3.8) is 0 Å². The first-order valence-corrected chi connectivity index (χ1v) is 8.20. The highest BCUT2D eigenvalue weighted by atomic mass is 79.9. The van der Waals surface area contributed by atoms with E-state index in [0.29, 0.717) is 18.0 Å². The third-order valence-electron chi connectivity index (χ3n) is 3.31. The number of hydrogen-bond donors (Lipinski definition) is 0. The SMILES string of the molecule is C[C@]12CN(S(=O)(=O)c3ccc(Br)cc3)C[C@H](CO1)O2. The summed E-state index contributed by atoms with van der Waals surface area (Å²) in [7, 11) is -3.49. The summed E-state index contributed by atoms with van der Waals surface area (Å²) in [5, 5.41) is 0. The molecule has 0 aliphatic carbocycles. The number of nitrogens with zero attached hydrogens (tertiary/aromatic N) is 1. The summed E-state index contributed by atoms with van der Waals surface area (Å²) in [6.07, 6.45) is -0.177. The maximum absolute atomic E-state index is 12.6. The fourth-order valence-corrected chi connectivity index (χ4v) is 4.22. The van der Waals surface area contributed by atoms with Crippen LogP contribution in [0.3, 0.4) is 0 Å². The Hall–Kier alpha value is -0.470. The van der Waals surface area contributed by atoms with Gasteiger partial charge in [-0.1, -0.05) is 15.9 Å². The predicted octanol–water partition coefficient (Wildman–Crippen LogP) is 1.59. The predicted molar refractivity (Wildman–Crippen MR) is 72.1 cm³/mol. The number of sulfonamides is 1. The largest absolute Gasteiger partial charge is 0.346 e. The summed E-state index contributed by atoms with van der Waals surface area (Å²) in [4.78, 5) is 0.292. The van der Waals surface area contributed by atoms with Crippen LogP contribution in [0.25, 0.3) is 0 Å². The van der Waals surface area contributed by atoms with Crippen molar-refractivity contribution in [3.05, 3.63) is 28.7 Å². The van der Waals surface area contributed by atoms with Gasteiger partial charge in [-0.25, -0.2) is 8.42 Å². The molecule has 7 heteroatoms. The van der Waals surface area contributed by atoms with Crippen LogP contribution in [0.1, 0.15) is 6.92 Å². The van der Waals surface area contributed by atoms with E-state index in [-0.39, 0.29) is 12.6 Å². The zero-order chi connectivity index (χ0) is 13.7. The van der Waals surface area contributed by atoms with Crippen molar-refractivity contribution >= 4 is 26.0 Å². The molecule has 0 unspecified atom stereocenters. The molecule has 1 aromatic carbocycles. The molecule has 2 aliphatic heterocycles. The zero-order valence-electron chi connectivity index (χ0n) is 10.4. The van der Waals surface area contributed by atoms with Crippen LogP contribution in [-0.4, -0.2) is 44.3 Å². The number of morpholine rings is 1. The van der Waals surface area contributed by atoms with E-state index in [4.69, 9.17) is 9.47 Å². The Labute approximate surface area is 120 Å². The number of benzene rings is 1. The molecule has 0 radical (unpaired) electrons. The normalized spacial score (nSPS) is 31.6. The Morgan fingerprint density at radius 2 is 2.05 bits per heavy atom. The van der Waals surface area contributed by atoms with Crippen molar-refractivity contribution in [2.75, 3.05) is 19.7 Å². The van der Waals surface area contributed by atoms with Gasteiger partial charge in [-0.15, -0.1) is 0 Å². The van der Waals surface area contributed by atoms with E-state index in [1.807, 2.05) is 0 Å². The van der Waals surface area contributed by atoms with E-state index in [1.54, 1.807) is 31.2 Å². The second kappa shape index (κ2) is 4.53. The van der Waals surface area contributed by atoms with Gasteiger partial charge in [0.1, 0.15) is 0 Å². The smallest absolute Gasteiger partial charge is 0.243 e. The summed E-state index contributed by atoms with van der Waals surface area (Å²) >= 11 is 3.30. The molecule has 5 nitrogen and oxygen atoms in total. The first-order valence-electron chi connectivity index (χ1n) is 5.97. The van der Waals surface area contributed by atoms with E-state index in [0.717, 1.165) is 4.47 Å². The van der Waals surface area contributed by atoms with Crippen LogP contribution in [0.4, 0.5) is 0 Å². The first-order chi connectivity index (χ1) is 8.89. The minimum Gasteiger partial charge on any atom is -0.346 e. The van der Waals surface area contributed by atoms with Crippen LogP contribution in [0.2, 0.25) is 0 Å². The van der Waals surface area contributed by atoms with E-state index in [1.165, 1.54) is 4.31 Å². The molecule has 2 aliphatic rings. The van der Waals surface area contributed by atoms with Gasteiger partial charge in [0, 0.05) is 11.0 Å².